The fourth-order valence-corrected chi connectivity index (χ4v) is 4.27. The molecule has 3 N–H and O–H groups in total. The first-order valence-electron chi connectivity index (χ1n) is 9.87. The summed E-state index contributed by atoms with van der Waals surface area (Å²) < 4.78 is 3.11. The quantitative estimate of drug-likeness (QED) is 0.316. The van der Waals surface area contributed by atoms with E-state index in [4.69, 9.17) is 0 Å². The van der Waals surface area contributed by atoms with Crippen molar-refractivity contribution in [2.45, 2.75) is 19.2 Å². The van der Waals surface area contributed by atoms with E-state index in [1.807, 2.05) is 53.5 Å². The Morgan fingerprint density at radius 1 is 1.10 bits per heavy atom. The van der Waals surface area contributed by atoms with Gasteiger partial charge in [-0.25, -0.2) is 0 Å². The molecule has 0 aliphatic heterocycles. The molecule has 1 atom stereocenters. The molecule has 0 aliphatic rings. The first-order valence-corrected chi connectivity index (χ1v) is 10.7. The van der Waals surface area contributed by atoms with Crippen LogP contribution >= 0.6 is 11.3 Å². The Kier molecular flexibility index (Phi) is 6.41. The highest BCUT2D eigenvalue weighted by Gasteiger charge is 2.12. The lowest BCUT2D eigenvalue weighted by atomic mass is 10.2. The van der Waals surface area contributed by atoms with Crippen LogP contribution in [0.5, 0.6) is 0 Å². The second-order valence-corrected chi connectivity index (χ2v) is 8.16. The molecular weight excluding hydrogens is 394 g/mol. The van der Waals surface area contributed by atoms with Gasteiger partial charge in [0.15, 0.2) is 5.96 Å². The molecule has 0 fully saturated rings. The van der Waals surface area contributed by atoms with Crippen molar-refractivity contribution in [2.75, 3.05) is 13.6 Å². The average molecular weight is 420 g/mol. The van der Waals surface area contributed by atoms with E-state index >= 15 is 0 Å². The van der Waals surface area contributed by atoms with Gasteiger partial charge in [-0.1, -0.05) is 48.5 Å². The van der Waals surface area contributed by atoms with Gasteiger partial charge in [0.1, 0.15) is 6.10 Å². The largest absolute Gasteiger partial charge is 0.386 e. The van der Waals surface area contributed by atoms with Gasteiger partial charge in [0.05, 0.1) is 12.7 Å². The van der Waals surface area contributed by atoms with Crippen LogP contribution in [0.1, 0.15) is 22.1 Å². The van der Waals surface area contributed by atoms with Crippen LogP contribution in [-0.2, 0) is 13.1 Å². The highest BCUT2D eigenvalue weighted by atomic mass is 32.1. The summed E-state index contributed by atoms with van der Waals surface area (Å²) >= 11 is 1.62. The van der Waals surface area contributed by atoms with Crippen LogP contribution < -0.4 is 10.6 Å². The zero-order chi connectivity index (χ0) is 20.8. The van der Waals surface area contributed by atoms with Crippen molar-refractivity contribution in [3.8, 4) is 0 Å². The molecule has 154 valence electrons. The van der Waals surface area contributed by atoms with Gasteiger partial charge in [0, 0.05) is 41.5 Å². The van der Waals surface area contributed by atoms with Gasteiger partial charge < -0.3 is 15.7 Å². The molecule has 4 aromatic rings. The summed E-state index contributed by atoms with van der Waals surface area (Å²) in [6.45, 7) is 1.74. The minimum atomic E-state index is -0.588. The first-order chi connectivity index (χ1) is 14.7. The summed E-state index contributed by atoms with van der Waals surface area (Å²) in [7, 11) is 1.72. The third-order valence-corrected chi connectivity index (χ3v) is 6.01. The molecule has 7 heteroatoms. The summed E-state index contributed by atoms with van der Waals surface area (Å²) in [4.78, 5) is 5.19. The van der Waals surface area contributed by atoms with E-state index in [0.717, 1.165) is 22.4 Å². The third-order valence-electron chi connectivity index (χ3n) is 4.79. The molecule has 0 saturated carbocycles. The topological polar surface area (TPSA) is 74.5 Å². The molecule has 4 rings (SSSR count). The van der Waals surface area contributed by atoms with Gasteiger partial charge >= 0.3 is 0 Å². The van der Waals surface area contributed by atoms with Crippen LogP contribution in [0.15, 0.2) is 78.0 Å². The van der Waals surface area contributed by atoms with E-state index in [9.17, 15) is 5.11 Å². The number of hydrogen-bond donors (Lipinski definition) is 3. The fourth-order valence-electron chi connectivity index (χ4n) is 3.22. The number of nitrogens with zero attached hydrogens (tertiary/aromatic N) is 3. The summed E-state index contributed by atoms with van der Waals surface area (Å²) in [6, 6.07) is 20.5. The Bertz CT molecular complexity index is 1090. The molecule has 0 radical (unpaired) electrons. The highest BCUT2D eigenvalue weighted by molar-refractivity contribution is 7.19. The molecule has 2 aromatic carbocycles. The van der Waals surface area contributed by atoms with Gasteiger partial charge in [-0.3, -0.25) is 9.67 Å². The molecule has 0 aliphatic carbocycles. The Morgan fingerprint density at radius 2 is 1.90 bits per heavy atom. The Hall–Kier alpha value is -3.16. The number of fused-ring (bicyclic) bond motifs is 1. The summed E-state index contributed by atoms with van der Waals surface area (Å²) in [5, 5.41) is 22.6. The number of aliphatic hydroxyl groups excluding tert-OH is 1. The monoisotopic (exact) mass is 419 g/mol. The second-order valence-electron chi connectivity index (χ2n) is 7.04. The number of guanidine groups is 1. The smallest absolute Gasteiger partial charge is 0.191 e. The van der Waals surface area contributed by atoms with E-state index in [-0.39, 0.29) is 0 Å². The number of aromatic nitrogens is 2. The standard InChI is InChI=1S/C23H25N5OS/c1-24-23(26-14-20(29)22-11-19-9-5-6-10-21(19)30-22)25-12-18-13-27-28(16-18)15-17-7-3-2-4-8-17/h2-11,13,16,20,29H,12,14-15H2,1H3,(H2,24,25,26). The summed E-state index contributed by atoms with van der Waals surface area (Å²) in [6.07, 6.45) is 3.30. The highest BCUT2D eigenvalue weighted by Crippen LogP contribution is 2.29. The van der Waals surface area contributed by atoms with Crippen LogP contribution in [0.25, 0.3) is 10.1 Å². The summed E-state index contributed by atoms with van der Waals surface area (Å²) in [5.41, 5.74) is 2.28. The zero-order valence-corrected chi connectivity index (χ0v) is 17.6. The number of nitrogens with one attached hydrogen (secondary N) is 2. The van der Waals surface area contributed by atoms with Crippen molar-refractivity contribution in [1.82, 2.24) is 20.4 Å². The van der Waals surface area contributed by atoms with Crippen LogP contribution in [0.3, 0.4) is 0 Å². The molecule has 0 bridgehead atoms. The van der Waals surface area contributed by atoms with Crippen LogP contribution in [0, 0.1) is 0 Å². The zero-order valence-electron chi connectivity index (χ0n) is 16.8. The number of benzene rings is 2. The molecule has 1 unspecified atom stereocenters. The van der Waals surface area contributed by atoms with Crippen LogP contribution in [0.2, 0.25) is 0 Å². The fraction of sp³-hybridized carbons (Fsp3) is 0.217. The molecule has 6 nitrogen and oxygen atoms in total. The van der Waals surface area contributed by atoms with Gasteiger partial charge in [-0.05, 0) is 23.1 Å². The molecular formula is C23H25N5OS. The van der Waals surface area contributed by atoms with E-state index < -0.39 is 6.10 Å². The first kappa shape index (κ1) is 20.1. The summed E-state index contributed by atoms with van der Waals surface area (Å²) in [5.74, 6) is 0.644. The maximum absolute atomic E-state index is 10.5. The lowest BCUT2D eigenvalue weighted by Crippen LogP contribution is -2.38. The average Bonchev–Trinajstić information content (AvgIpc) is 3.41. The third kappa shape index (κ3) is 5.06. The molecule has 0 amide bonds. The van der Waals surface area contributed by atoms with E-state index in [2.05, 4.69) is 45.0 Å². The van der Waals surface area contributed by atoms with Gasteiger partial charge in [-0.2, -0.15) is 5.10 Å². The minimum absolute atomic E-state index is 0.389. The van der Waals surface area contributed by atoms with E-state index in [1.54, 1.807) is 18.4 Å². The minimum Gasteiger partial charge on any atom is -0.386 e. The number of thiophene rings is 1. The maximum atomic E-state index is 10.5. The number of rotatable bonds is 7. The Balaban J connectivity index is 1.28. The van der Waals surface area contributed by atoms with Crippen molar-refractivity contribution in [1.29, 1.82) is 0 Å². The maximum Gasteiger partial charge on any atom is 0.191 e. The molecule has 2 aromatic heterocycles. The van der Waals surface area contributed by atoms with Crippen molar-refractivity contribution < 1.29 is 5.11 Å². The van der Waals surface area contributed by atoms with Gasteiger partial charge in [0.2, 0.25) is 0 Å². The van der Waals surface area contributed by atoms with Gasteiger partial charge in [-0.15, -0.1) is 11.3 Å². The molecule has 0 spiro atoms. The molecule has 30 heavy (non-hydrogen) atoms. The lowest BCUT2D eigenvalue weighted by molar-refractivity contribution is 0.184. The van der Waals surface area contributed by atoms with Crippen LogP contribution in [0.4, 0.5) is 0 Å². The number of hydrogen-bond acceptors (Lipinski definition) is 4. The molecule has 0 saturated heterocycles. The van der Waals surface area contributed by atoms with E-state index in [1.165, 1.54) is 10.3 Å². The van der Waals surface area contributed by atoms with Crippen molar-refractivity contribution >= 4 is 27.4 Å². The molecule has 2 heterocycles. The predicted molar refractivity (Wildman–Crippen MR) is 123 cm³/mol. The SMILES string of the molecule is CN=C(NCc1cnn(Cc2ccccc2)c1)NCC(O)c1cc2ccccc2s1. The van der Waals surface area contributed by atoms with E-state index in [0.29, 0.717) is 19.0 Å². The number of aliphatic hydroxyl groups is 1. The predicted octanol–water partition coefficient (Wildman–Crippen LogP) is 3.54. The van der Waals surface area contributed by atoms with Gasteiger partial charge in [0.25, 0.3) is 0 Å². The number of aliphatic imine (C=N–C) groups is 1. The van der Waals surface area contributed by atoms with Crippen molar-refractivity contribution in [2.24, 2.45) is 4.99 Å². The van der Waals surface area contributed by atoms with Crippen molar-refractivity contribution in [3.05, 3.63) is 89.1 Å². The van der Waals surface area contributed by atoms with Crippen LogP contribution in [-0.4, -0.2) is 34.4 Å². The lowest BCUT2D eigenvalue weighted by Gasteiger charge is -2.14. The second kappa shape index (κ2) is 9.56. The Morgan fingerprint density at radius 3 is 2.70 bits per heavy atom. The normalized spacial score (nSPS) is 12.8. The van der Waals surface area contributed by atoms with Crippen molar-refractivity contribution in [3.63, 3.8) is 0 Å². The Labute approximate surface area is 179 Å².